The quantitative estimate of drug-likeness (QED) is 0.682. The molecule has 3 nitrogen and oxygen atoms in total. The topological polar surface area (TPSA) is 30.2 Å². The minimum absolute atomic E-state index is 0.940. The predicted molar refractivity (Wildman–Crippen MR) is 66.1 cm³/mol. The number of nitrogens with zero attached hydrogens (tertiary/aromatic N) is 3. The van der Waals surface area contributed by atoms with Gasteiger partial charge in [0.2, 0.25) is 0 Å². The Morgan fingerprint density at radius 2 is 1.81 bits per heavy atom. The van der Waals surface area contributed by atoms with Crippen LogP contribution in [0.1, 0.15) is 0 Å². The fourth-order valence-corrected chi connectivity index (χ4v) is 1.98. The average Bonchev–Trinajstić information content (AvgIpc) is 2.73. The highest BCUT2D eigenvalue weighted by atomic mass is 79.9. The van der Waals surface area contributed by atoms with E-state index in [1.54, 1.807) is 12.4 Å². The fraction of sp³-hybridized carbons (Fsp3) is 0. The normalized spacial score (nSPS) is 10.8. The number of hydrogen-bond acceptors (Lipinski definition) is 2. The van der Waals surface area contributed by atoms with Crippen molar-refractivity contribution >= 4 is 21.6 Å². The predicted octanol–water partition coefficient (Wildman–Crippen LogP) is 3.16. The monoisotopic (exact) mass is 273 g/mol. The molecule has 4 heteroatoms. The molecule has 0 radical (unpaired) electrons. The van der Waals surface area contributed by atoms with Crippen molar-refractivity contribution in [2.75, 3.05) is 0 Å². The molecule has 0 fully saturated rings. The van der Waals surface area contributed by atoms with Crippen LogP contribution in [0.15, 0.2) is 53.5 Å². The number of hydrogen-bond donors (Lipinski definition) is 0. The van der Waals surface area contributed by atoms with Crippen molar-refractivity contribution in [1.82, 2.24) is 14.4 Å². The van der Waals surface area contributed by atoms with Crippen LogP contribution in [0.3, 0.4) is 0 Å². The molecule has 0 saturated carbocycles. The van der Waals surface area contributed by atoms with Gasteiger partial charge in [0.05, 0.1) is 5.69 Å². The third-order valence-corrected chi connectivity index (χ3v) is 2.86. The van der Waals surface area contributed by atoms with Crippen LogP contribution in [0.5, 0.6) is 0 Å². The van der Waals surface area contributed by atoms with E-state index in [2.05, 4.69) is 25.9 Å². The zero-order valence-electron chi connectivity index (χ0n) is 8.34. The zero-order chi connectivity index (χ0) is 11.0. The van der Waals surface area contributed by atoms with Crippen molar-refractivity contribution in [3.63, 3.8) is 0 Å². The molecule has 0 amide bonds. The van der Waals surface area contributed by atoms with Gasteiger partial charge in [0.25, 0.3) is 0 Å². The van der Waals surface area contributed by atoms with E-state index in [9.17, 15) is 0 Å². The van der Waals surface area contributed by atoms with Gasteiger partial charge < -0.3 is 4.40 Å². The number of rotatable bonds is 1. The second-order valence-electron chi connectivity index (χ2n) is 3.47. The van der Waals surface area contributed by atoms with Crippen LogP contribution in [0.4, 0.5) is 0 Å². The maximum Gasteiger partial charge on any atom is 0.137 e. The van der Waals surface area contributed by atoms with Crippen LogP contribution < -0.4 is 0 Å². The van der Waals surface area contributed by atoms with Crippen LogP contribution in [0, 0.1) is 0 Å². The van der Waals surface area contributed by atoms with Gasteiger partial charge in [0.1, 0.15) is 5.65 Å². The first-order valence-corrected chi connectivity index (χ1v) is 5.67. The summed E-state index contributed by atoms with van der Waals surface area (Å²) in [6.45, 7) is 0. The molecule has 16 heavy (non-hydrogen) atoms. The molecule has 0 N–H and O–H groups in total. The molecular weight excluding hydrogens is 266 g/mol. The third-order valence-electron chi connectivity index (χ3n) is 2.39. The summed E-state index contributed by atoms with van der Waals surface area (Å²) in [7, 11) is 0. The highest BCUT2D eigenvalue weighted by Gasteiger charge is 2.03. The smallest absolute Gasteiger partial charge is 0.137 e. The van der Waals surface area contributed by atoms with E-state index in [4.69, 9.17) is 0 Å². The number of halogens is 1. The largest absolute Gasteiger partial charge is 0.305 e. The highest BCUT2D eigenvalue weighted by Crippen LogP contribution is 2.19. The Bertz CT molecular complexity index is 631. The maximum atomic E-state index is 4.54. The number of aromatic nitrogens is 3. The molecule has 0 bridgehead atoms. The van der Waals surface area contributed by atoms with Crippen molar-refractivity contribution in [3.05, 3.63) is 53.5 Å². The highest BCUT2D eigenvalue weighted by molar-refractivity contribution is 9.10. The lowest BCUT2D eigenvalue weighted by molar-refractivity contribution is 1.17. The van der Waals surface area contributed by atoms with Gasteiger partial charge in [-0.25, -0.2) is 4.98 Å². The Balaban J connectivity index is 2.19. The lowest BCUT2D eigenvalue weighted by Gasteiger charge is -1.92. The van der Waals surface area contributed by atoms with Gasteiger partial charge in [-0.3, -0.25) is 4.98 Å². The van der Waals surface area contributed by atoms with Crippen LogP contribution in [0.25, 0.3) is 16.9 Å². The van der Waals surface area contributed by atoms with Crippen molar-refractivity contribution in [2.45, 2.75) is 0 Å². The van der Waals surface area contributed by atoms with Crippen molar-refractivity contribution in [2.24, 2.45) is 0 Å². The molecule has 0 atom stereocenters. The molecule has 3 aromatic rings. The van der Waals surface area contributed by atoms with Gasteiger partial charge in [-0.15, -0.1) is 0 Å². The lowest BCUT2D eigenvalue weighted by Crippen LogP contribution is -1.80. The summed E-state index contributed by atoms with van der Waals surface area (Å²) >= 11 is 3.44. The summed E-state index contributed by atoms with van der Waals surface area (Å²) in [5.74, 6) is 0. The van der Waals surface area contributed by atoms with Gasteiger partial charge in [-0.1, -0.05) is 0 Å². The SMILES string of the molecule is Brc1ccc2nc(-c3ccncc3)cn2c1. The van der Waals surface area contributed by atoms with E-state index in [1.807, 2.05) is 41.1 Å². The Morgan fingerprint density at radius 3 is 2.62 bits per heavy atom. The average molecular weight is 274 g/mol. The first-order chi connectivity index (χ1) is 7.83. The summed E-state index contributed by atoms with van der Waals surface area (Å²) in [5.41, 5.74) is 2.98. The molecule has 0 aliphatic heterocycles. The van der Waals surface area contributed by atoms with E-state index in [0.717, 1.165) is 21.4 Å². The lowest BCUT2D eigenvalue weighted by atomic mass is 10.2. The first kappa shape index (κ1) is 9.54. The van der Waals surface area contributed by atoms with Crippen LogP contribution in [0.2, 0.25) is 0 Å². The van der Waals surface area contributed by atoms with E-state index in [0.29, 0.717) is 0 Å². The third kappa shape index (κ3) is 1.61. The Labute approximate surface area is 101 Å². The van der Waals surface area contributed by atoms with Crippen molar-refractivity contribution in [3.8, 4) is 11.3 Å². The molecule has 0 spiro atoms. The summed E-state index contributed by atoms with van der Waals surface area (Å²) in [6, 6.07) is 7.88. The summed E-state index contributed by atoms with van der Waals surface area (Å²) in [6.07, 6.45) is 7.55. The Morgan fingerprint density at radius 1 is 1.00 bits per heavy atom. The second-order valence-corrected chi connectivity index (χ2v) is 4.39. The van der Waals surface area contributed by atoms with Gasteiger partial charge in [0, 0.05) is 34.8 Å². The molecule has 0 aliphatic rings. The second kappa shape index (κ2) is 3.72. The Kier molecular flexibility index (Phi) is 2.22. The van der Waals surface area contributed by atoms with E-state index < -0.39 is 0 Å². The van der Waals surface area contributed by atoms with Crippen molar-refractivity contribution in [1.29, 1.82) is 0 Å². The van der Waals surface area contributed by atoms with Gasteiger partial charge in [0.15, 0.2) is 0 Å². The van der Waals surface area contributed by atoms with Gasteiger partial charge >= 0.3 is 0 Å². The molecule has 3 heterocycles. The first-order valence-electron chi connectivity index (χ1n) is 4.87. The molecule has 0 aliphatic carbocycles. The van der Waals surface area contributed by atoms with Gasteiger partial charge in [-0.05, 0) is 40.2 Å². The molecule has 0 saturated heterocycles. The van der Waals surface area contributed by atoms with Gasteiger partial charge in [-0.2, -0.15) is 0 Å². The minimum Gasteiger partial charge on any atom is -0.305 e. The van der Waals surface area contributed by atoms with E-state index >= 15 is 0 Å². The van der Waals surface area contributed by atoms with E-state index in [-0.39, 0.29) is 0 Å². The summed E-state index contributed by atoms with van der Waals surface area (Å²) in [4.78, 5) is 8.54. The maximum absolute atomic E-state index is 4.54. The molecule has 0 aromatic carbocycles. The number of fused-ring (bicyclic) bond motifs is 1. The minimum atomic E-state index is 0.940. The standard InChI is InChI=1S/C12H8BrN3/c13-10-1-2-12-15-11(8-16(12)7-10)9-3-5-14-6-4-9/h1-8H. The van der Waals surface area contributed by atoms with Crippen LogP contribution in [-0.4, -0.2) is 14.4 Å². The molecule has 3 aromatic heterocycles. The molecule has 0 unspecified atom stereocenters. The zero-order valence-corrected chi connectivity index (χ0v) is 9.92. The number of pyridine rings is 2. The molecular formula is C12H8BrN3. The van der Waals surface area contributed by atoms with E-state index in [1.165, 1.54) is 0 Å². The molecule has 3 rings (SSSR count). The summed E-state index contributed by atoms with van der Waals surface area (Å²) < 4.78 is 3.04. The van der Waals surface area contributed by atoms with Crippen LogP contribution in [-0.2, 0) is 0 Å². The Hall–Kier alpha value is -1.68. The summed E-state index contributed by atoms with van der Waals surface area (Å²) in [5, 5.41) is 0. The van der Waals surface area contributed by atoms with Crippen molar-refractivity contribution < 1.29 is 0 Å². The van der Waals surface area contributed by atoms with Crippen LogP contribution >= 0.6 is 15.9 Å². The fourth-order valence-electron chi connectivity index (χ4n) is 1.63. The number of imidazole rings is 1. The molecule has 78 valence electrons.